The molecule has 0 aliphatic heterocycles. The van der Waals surface area contributed by atoms with Crippen molar-refractivity contribution in [2.45, 2.75) is 6.54 Å². The molecule has 13 heavy (non-hydrogen) atoms. The van der Waals surface area contributed by atoms with Crippen molar-refractivity contribution in [1.82, 2.24) is 14.8 Å². The van der Waals surface area contributed by atoms with Gasteiger partial charge in [-0.15, -0.1) is 11.3 Å². The first-order valence-electron chi connectivity index (χ1n) is 3.52. The molecule has 0 bridgehead atoms. The molecule has 2 aromatic rings. The van der Waals surface area contributed by atoms with E-state index in [4.69, 9.17) is 0 Å². The fraction of sp³-hybridized carbons (Fsp3) is 0.143. The van der Waals surface area contributed by atoms with Crippen LogP contribution in [-0.2, 0) is 6.54 Å². The molecule has 0 saturated heterocycles. The number of hydrogen-bond donors (Lipinski definition) is 0. The molecule has 68 valence electrons. The van der Waals surface area contributed by atoms with E-state index in [1.807, 2.05) is 22.5 Å². The molecule has 6 heteroatoms. The van der Waals surface area contributed by atoms with Gasteiger partial charge in [0.2, 0.25) is 0 Å². The number of thiazole rings is 1. The summed E-state index contributed by atoms with van der Waals surface area (Å²) in [6, 6.07) is 1.92. The predicted molar refractivity (Wildman–Crippen MR) is 58.8 cm³/mol. The highest BCUT2D eigenvalue weighted by atomic mass is 79.9. The zero-order chi connectivity index (χ0) is 9.26. The van der Waals surface area contributed by atoms with Crippen LogP contribution in [0.15, 0.2) is 27.0 Å². The van der Waals surface area contributed by atoms with Gasteiger partial charge in [-0.2, -0.15) is 5.10 Å². The average Bonchev–Trinajstić information content (AvgIpc) is 2.63. The van der Waals surface area contributed by atoms with Crippen molar-refractivity contribution in [3.63, 3.8) is 0 Å². The van der Waals surface area contributed by atoms with Crippen LogP contribution < -0.4 is 0 Å². The standard InChI is InChI=1S/C7H5Br2N3S/c8-6-1-7(9)12(11-6)3-5-2-10-4-13-5/h1-2,4H,3H2. The predicted octanol–water partition coefficient (Wildman–Crippen LogP) is 2.91. The number of halogens is 2. The zero-order valence-electron chi connectivity index (χ0n) is 6.44. The molecule has 2 aromatic heterocycles. The minimum Gasteiger partial charge on any atom is -0.253 e. The number of hydrogen-bond acceptors (Lipinski definition) is 3. The lowest BCUT2D eigenvalue weighted by Crippen LogP contribution is -1.99. The maximum absolute atomic E-state index is 4.25. The minimum atomic E-state index is 0.761. The average molecular weight is 323 g/mol. The van der Waals surface area contributed by atoms with E-state index in [0.29, 0.717) is 0 Å². The Balaban J connectivity index is 2.23. The number of nitrogens with zero attached hydrogens (tertiary/aromatic N) is 3. The lowest BCUT2D eigenvalue weighted by Gasteiger charge is -1.98. The molecular weight excluding hydrogens is 318 g/mol. The first kappa shape index (κ1) is 9.36. The quantitative estimate of drug-likeness (QED) is 0.851. The third-order valence-electron chi connectivity index (χ3n) is 1.49. The van der Waals surface area contributed by atoms with E-state index in [0.717, 1.165) is 15.8 Å². The van der Waals surface area contributed by atoms with Crippen LogP contribution in [0, 0.1) is 0 Å². The summed E-state index contributed by atoms with van der Waals surface area (Å²) in [6.07, 6.45) is 1.85. The third kappa shape index (κ3) is 2.18. The Kier molecular flexibility index (Phi) is 2.80. The van der Waals surface area contributed by atoms with Gasteiger partial charge in [-0.3, -0.25) is 9.67 Å². The molecule has 0 atom stereocenters. The summed E-state index contributed by atoms with van der Waals surface area (Å²) in [4.78, 5) is 5.20. The molecule has 3 nitrogen and oxygen atoms in total. The van der Waals surface area contributed by atoms with Crippen molar-refractivity contribution in [2.24, 2.45) is 0 Å². The lowest BCUT2D eigenvalue weighted by molar-refractivity contribution is 0.673. The van der Waals surface area contributed by atoms with Gasteiger partial charge in [-0.05, 0) is 31.9 Å². The molecule has 0 aliphatic rings. The van der Waals surface area contributed by atoms with E-state index in [1.165, 1.54) is 4.88 Å². The molecule has 2 rings (SSSR count). The summed E-state index contributed by atoms with van der Waals surface area (Å²) in [5.41, 5.74) is 1.82. The smallest absolute Gasteiger partial charge is 0.129 e. The van der Waals surface area contributed by atoms with Gasteiger partial charge in [-0.1, -0.05) is 0 Å². The van der Waals surface area contributed by atoms with Crippen LogP contribution in [0.3, 0.4) is 0 Å². The molecule has 0 amide bonds. The van der Waals surface area contributed by atoms with Gasteiger partial charge in [-0.25, -0.2) is 0 Å². The van der Waals surface area contributed by atoms with Crippen LogP contribution in [-0.4, -0.2) is 14.8 Å². The third-order valence-corrected chi connectivity index (χ3v) is 3.28. The highest BCUT2D eigenvalue weighted by Gasteiger charge is 2.04. The van der Waals surface area contributed by atoms with Gasteiger partial charge in [0.1, 0.15) is 9.21 Å². The van der Waals surface area contributed by atoms with E-state index < -0.39 is 0 Å². The minimum absolute atomic E-state index is 0.761. The van der Waals surface area contributed by atoms with Gasteiger partial charge in [0.05, 0.1) is 12.1 Å². The Bertz CT molecular complexity index is 396. The molecule has 2 heterocycles. The van der Waals surface area contributed by atoms with Crippen LogP contribution in [0.2, 0.25) is 0 Å². The van der Waals surface area contributed by atoms with Crippen molar-refractivity contribution in [3.05, 3.63) is 31.9 Å². The Hall–Kier alpha value is -0.200. The van der Waals surface area contributed by atoms with E-state index >= 15 is 0 Å². The van der Waals surface area contributed by atoms with Crippen LogP contribution in [0.4, 0.5) is 0 Å². The highest BCUT2D eigenvalue weighted by molar-refractivity contribution is 9.11. The summed E-state index contributed by atoms with van der Waals surface area (Å²) >= 11 is 8.36. The van der Waals surface area contributed by atoms with Crippen LogP contribution in [0.25, 0.3) is 0 Å². The SMILES string of the molecule is Brc1cc(Br)n(Cc2cncs2)n1. The largest absolute Gasteiger partial charge is 0.253 e. The normalized spacial score (nSPS) is 10.6. The second-order valence-electron chi connectivity index (χ2n) is 2.42. The fourth-order valence-electron chi connectivity index (χ4n) is 0.943. The highest BCUT2D eigenvalue weighted by Crippen LogP contribution is 2.18. The zero-order valence-corrected chi connectivity index (χ0v) is 10.4. The van der Waals surface area contributed by atoms with Crippen molar-refractivity contribution in [3.8, 4) is 0 Å². The molecule has 0 fully saturated rings. The first-order valence-corrected chi connectivity index (χ1v) is 5.98. The maximum atomic E-state index is 4.25. The van der Waals surface area contributed by atoms with Gasteiger partial charge in [0, 0.05) is 17.1 Å². The van der Waals surface area contributed by atoms with Crippen LogP contribution in [0.1, 0.15) is 4.88 Å². The summed E-state index contributed by atoms with van der Waals surface area (Å²) in [6.45, 7) is 0.761. The maximum Gasteiger partial charge on any atom is 0.129 e. The topological polar surface area (TPSA) is 30.7 Å². The van der Waals surface area contributed by atoms with Gasteiger partial charge < -0.3 is 0 Å². The summed E-state index contributed by atoms with van der Waals surface area (Å²) in [5, 5.41) is 4.25. The van der Waals surface area contributed by atoms with Gasteiger partial charge >= 0.3 is 0 Å². The molecule has 0 radical (unpaired) electrons. The van der Waals surface area contributed by atoms with Crippen LogP contribution in [0.5, 0.6) is 0 Å². The van der Waals surface area contributed by atoms with Crippen molar-refractivity contribution in [2.75, 3.05) is 0 Å². The second-order valence-corrected chi connectivity index (χ2v) is 5.01. The number of rotatable bonds is 2. The summed E-state index contributed by atoms with van der Waals surface area (Å²) in [7, 11) is 0. The van der Waals surface area contributed by atoms with Gasteiger partial charge in [0.25, 0.3) is 0 Å². The summed E-state index contributed by atoms with van der Waals surface area (Å²) < 4.78 is 3.68. The molecule has 0 aliphatic carbocycles. The van der Waals surface area contributed by atoms with Gasteiger partial charge in [0.15, 0.2) is 0 Å². The Morgan fingerprint density at radius 2 is 2.31 bits per heavy atom. The van der Waals surface area contributed by atoms with E-state index in [1.54, 1.807) is 11.3 Å². The van der Waals surface area contributed by atoms with Crippen molar-refractivity contribution in [1.29, 1.82) is 0 Å². The summed E-state index contributed by atoms with van der Waals surface area (Å²) in [5.74, 6) is 0. The molecule has 0 aromatic carbocycles. The molecule has 0 unspecified atom stereocenters. The first-order chi connectivity index (χ1) is 6.25. The Morgan fingerprint density at radius 1 is 1.46 bits per heavy atom. The molecular formula is C7H5Br2N3S. The van der Waals surface area contributed by atoms with Crippen molar-refractivity contribution < 1.29 is 0 Å². The van der Waals surface area contributed by atoms with E-state index in [2.05, 4.69) is 41.9 Å². The van der Waals surface area contributed by atoms with Crippen molar-refractivity contribution >= 4 is 43.2 Å². The van der Waals surface area contributed by atoms with E-state index in [9.17, 15) is 0 Å². The van der Waals surface area contributed by atoms with E-state index in [-0.39, 0.29) is 0 Å². The lowest BCUT2D eigenvalue weighted by atomic mass is 10.5. The molecule has 0 N–H and O–H groups in total. The Labute approximate surface area is 96.1 Å². The molecule has 0 saturated carbocycles. The second kappa shape index (κ2) is 3.89. The fourth-order valence-corrected chi connectivity index (χ4v) is 2.66. The molecule has 0 spiro atoms. The number of aromatic nitrogens is 3. The van der Waals surface area contributed by atoms with Crippen LogP contribution >= 0.6 is 43.2 Å². The Morgan fingerprint density at radius 3 is 2.85 bits per heavy atom. The monoisotopic (exact) mass is 321 g/mol.